The molecule has 3 aromatic heterocycles. The Morgan fingerprint density at radius 1 is 1.37 bits per heavy atom. The molecule has 0 saturated carbocycles. The Hall–Kier alpha value is -1.72. The molecule has 96 valence electrons. The van der Waals surface area contributed by atoms with Gasteiger partial charge in [0.1, 0.15) is 11.3 Å². The molecule has 4 nitrogen and oxygen atoms in total. The number of halogens is 1. The lowest BCUT2D eigenvalue weighted by molar-refractivity contribution is 0.276. The van der Waals surface area contributed by atoms with Crippen LogP contribution < -0.4 is 0 Å². The number of fused-ring (bicyclic) bond motifs is 1. The molecule has 0 saturated heterocycles. The van der Waals surface area contributed by atoms with Gasteiger partial charge in [0.25, 0.3) is 0 Å². The number of rotatable bonds is 2. The molecule has 1 N–H and O–H groups in total. The van der Waals surface area contributed by atoms with Gasteiger partial charge < -0.3 is 5.11 Å². The highest BCUT2D eigenvalue weighted by molar-refractivity contribution is 9.10. The van der Waals surface area contributed by atoms with Crippen molar-refractivity contribution in [2.45, 2.75) is 13.5 Å². The molecular formula is C14H12BrN3O. The highest BCUT2D eigenvalue weighted by atomic mass is 79.9. The van der Waals surface area contributed by atoms with Gasteiger partial charge in [-0.3, -0.25) is 9.38 Å². The van der Waals surface area contributed by atoms with Crippen molar-refractivity contribution in [3.8, 4) is 11.4 Å². The van der Waals surface area contributed by atoms with E-state index in [-0.39, 0.29) is 6.61 Å². The fourth-order valence-corrected chi connectivity index (χ4v) is 2.39. The van der Waals surface area contributed by atoms with Crippen molar-refractivity contribution < 1.29 is 5.11 Å². The number of aryl methyl sites for hydroxylation is 1. The molecule has 19 heavy (non-hydrogen) atoms. The lowest BCUT2D eigenvalue weighted by Crippen LogP contribution is -1.95. The minimum Gasteiger partial charge on any atom is -0.390 e. The topological polar surface area (TPSA) is 50.4 Å². The highest BCUT2D eigenvalue weighted by Gasteiger charge is 2.14. The largest absolute Gasteiger partial charge is 0.390 e. The third-order valence-electron chi connectivity index (χ3n) is 3.06. The van der Waals surface area contributed by atoms with Gasteiger partial charge >= 0.3 is 0 Å². The van der Waals surface area contributed by atoms with E-state index >= 15 is 0 Å². The van der Waals surface area contributed by atoms with Crippen molar-refractivity contribution in [1.82, 2.24) is 14.4 Å². The van der Waals surface area contributed by atoms with Crippen molar-refractivity contribution in [3.05, 3.63) is 52.4 Å². The van der Waals surface area contributed by atoms with Gasteiger partial charge in [-0.15, -0.1) is 0 Å². The summed E-state index contributed by atoms with van der Waals surface area (Å²) in [6, 6.07) is 7.64. The Morgan fingerprint density at radius 3 is 2.89 bits per heavy atom. The highest BCUT2D eigenvalue weighted by Crippen LogP contribution is 2.26. The molecule has 0 amide bonds. The second-order valence-corrected chi connectivity index (χ2v) is 5.17. The molecule has 5 heteroatoms. The Kier molecular flexibility index (Phi) is 3.08. The number of aromatic nitrogens is 3. The van der Waals surface area contributed by atoms with Gasteiger partial charge in [0.05, 0.1) is 18.0 Å². The molecule has 3 heterocycles. The predicted octanol–water partition coefficient (Wildman–Crippen LogP) is 2.96. The molecule has 0 bridgehead atoms. The van der Waals surface area contributed by atoms with Crippen LogP contribution in [0, 0.1) is 6.92 Å². The Bertz CT molecular complexity index is 737. The van der Waals surface area contributed by atoms with Gasteiger partial charge in [-0.2, -0.15) is 0 Å². The van der Waals surface area contributed by atoms with Crippen LogP contribution >= 0.6 is 15.9 Å². The summed E-state index contributed by atoms with van der Waals surface area (Å²) in [6.45, 7) is 1.93. The second-order valence-electron chi connectivity index (χ2n) is 4.31. The quantitative estimate of drug-likeness (QED) is 0.790. The van der Waals surface area contributed by atoms with E-state index in [1.165, 1.54) is 0 Å². The Labute approximate surface area is 118 Å². The van der Waals surface area contributed by atoms with Crippen LogP contribution in [0.4, 0.5) is 0 Å². The van der Waals surface area contributed by atoms with E-state index in [2.05, 4.69) is 25.9 Å². The minimum absolute atomic E-state index is 0.0808. The number of aliphatic hydroxyl groups is 1. The standard InChI is InChI=1S/C14H12BrN3O/c1-9-6-13-17-14(11-4-2-3-5-16-11)12(8-19)18(13)7-10(9)15/h2-7,19H,8H2,1H3. The summed E-state index contributed by atoms with van der Waals surface area (Å²) in [5.41, 5.74) is 4.15. The first-order valence-corrected chi connectivity index (χ1v) is 6.69. The van der Waals surface area contributed by atoms with Gasteiger partial charge in [-0.05, 0) is 46.6 Å². The lowest BCUT2D eigenvalue weighted by Gasteiger charge is -2.03. The maximum absolute atomic E-state index is 9.62. The smallest absolute Gasteiger partial charge is 0.138 e. The number of aliphatic hydroxyl groups excluding tert-OH is 1. The summed E-state index contributed by atoms with van der Waals surface area (Å²) in [5.74, 6) is 0. The number of imidazole rings is 1. The number of pyridine rings is 2. The van der Waals surface area contributed by atoms with Crippen molar-refractivity contribution in [3.63, 3.8) is 0 Å². The number of hydrogen-bond acceptors (Lipinski definition) is 3. The van der Waals surface area contributed by atoms with E-state index in [1.807, 2.05) is 41.8 Å². The van der Waals surface area contributed by atoms with Gasteiger partial charge in [-0.1, -0.05) is 6.07 Å². The summed E-state index contributed by atoms with van der Waals surface area (Å²) in [5, 5.41) is 9.62. The predicted molar refractivity (Wildman–Crippen MR) is 76.8 cm³/mol. The van der Waals surface area contributed by atoms with E-state index in [4.69, 9.17) is 0 Å². The SMILES string of the molecule is Cc1cc2nc(-c3ccccn3)c(CO)n2cc1Br. The summed E-state index contributed by atoms with van der Waals surface area (Å²) < 4.78 is 2.88. The van der Waals surface area contributed by atoms with E-state index in [9.17, 15) is 5.11 Å². The number of hydrogen-bond donors (Lipinski definition) is 1. The van der Waals surface area contributed by atoms with Crippen molar-refractivity contribution in [2.24, 2.45) is 0 Å². The van der Waals surface area contributed by atoms with E-state index in [0.29, 0.717) is 0 Å². The van der Waals surface area contributed by atoms with E-state index in [1.54, 1.807) is 6.20 Å². The molecule has 3 aromatic rings. The normalized spacial score (nSPS) is 11.1. The third-order valence-corrected chi connectivity index (χ3v) is 3.89. The van der Waals surface area contributed by atoms with Gasteiger partial charge in [0.15, 0.2) is 0 Å². The van der Waals surface area contributed by atoms with Crippen LogP contribution in [0.15, 0.2) is 41.1 Å². The monoisotopic (exact) mass is 317 g/mol. The molecule has 0 aromatic carbocycles. The maximum atomic E-state index is 9.62. The zero-order valence-corrected chi connectivity index (χ0v) is 11.9. The zero-order chi connectivity index (χ0) is 13.4. The van der Waals surface area contributed by atoms with E-state index in [0.717, 1.165) is 32.8 Å². The van der Waals surface area contributed by atoms with Crippen LogP contribution in [0.5, 0.6) is 0 Å². The summed E-state index contributed by atoms with van der Waals surface area (Å²) in [6.07, 6.45) is 3.65. The minimum atomic E-state index is -0.0808. The van der Waals surface area contributed by atoms with E-state index < -0.39 is 0 Å². The molecule has 0 spiro atoms. The second kappa shape index (κ2) is 4.75. The Morgan fingerprint density at radius 2 is 2.21 bits per heavy atom. The molecule has 0 unspecified atom stereocenters. The average Bonchev–Trinajstić information content (AvgIpc) is 2.78. The summed E-state index contributed by atoms with van der Waals surface area (Å²) in [7, 11) is 0. The molecule has 0 atom stereocenters. The molecule has 3 rings (SSSR count). The Balaban J connectivity index is 2.31. The van der Waals surface area contributed by atoms with Crippen LogP contribution in [-0.4, -0.2) is 19.5 Å². The average molecular weight is 318 g/mol. The van der Waals surface area contributed by atoms with Crippen LogP contribution in [0.2, 0.25) is 0 Å². The van der Waals surface area contributed by atoms with Crippen molar-refractivity contribution in [2.75, 3.05) is 0 Å². The summed E-state index contributed by atoms with van der Waals surface area (Å²) >= 11 is 3.50. The first-order chi connectivity index (χ1) is 9.20. The van der Waals surface area contributed by atoms with Crippen LogP contribution in [-0.2, 0) is 6.61 Å². The first-order valence-electron chi connectivity index (χ1n) is 5.90. The zero-order valence-electron chi connectivity index (χ0n) is 10.3. The van der Waals surface area contributed by atoms with Crippen molar-refractivity contribution >= 4 is 21.6 Å². The van der Waals surface area contributed by atoms with Crippen LogP contribution in [0.25, 0.3) is 17.0 Å². The fourth-order valence-electron chi connectivity index (χ4n) is 2.07. The van der Waals surface area contributed by atoms with Crippen LogP contribution in [0.1, 0.15) is 11.3 Å². The molecule has 0 aliphatic heterocycles. The van der Waals surface area contributed by atoms with Gasteiger partial charge in [0, 0.05) is 16.9 Å². The molecule has 0 radical (unpaired) electrons. The third kappa shape index (κ3) is 2.05. The fraction of sp³-hybridized carbons (Fsp3) is 0.143. The van der Waals surface area contributed by atoms with Gasteiger partial charge in [-0.25, -0.2) is 4.98 Å². The number of nitrogens with zero attached hydrogens (tertiary/aromatic N) is 3. The molecule has 0 aliphatic rings. The molecule has 0 fully saturated rings. The summed E-state index contributed by atoms with van der Waals surface area (Å²) in [4.78, 5) is 8.87. The molecular weight excluding hydrogens is 306 g/mol. The van der Waals surface area contributed by atoms with Crippen LogP contribution in [0.3, 0.4) is 0 Å². The van der Waals surface area contributed by atoms with Crippen molar-refractivity contribution in [1.29, 1.82) is 0 Å². The maximum Gasteiger partial charge on any atom is 0.138 e. The first kappa shape index (κ1) is 12.3. The van der Waals surface area contributed by atoms with Gasteiger partial charge in [0.2, 0.25) is 0 Å². The lowest BCUT2D eigenvalue weighted by atomic mass is 10.2. The molecule has 0 aliphatic carbocycles.